The number of hydrogen-bond acceptors (Lipinski definition) is 3. The van der Waals surface area contributed by atoms with Crippen molar-refractivity contribution < 1.29 is 13.6 Å². The van der Waals surface area contributed by atoms with Gasteiger partial charge >= 0.3 is 0 Å². The summed E-state index contributed by atoms with van der Waals surface area (Å²) in [5.41, 5.74) is 3.61. The van der Waals surface area contributed by atoms with Crippen molar-refractivity contribution in [2.24, 2.45) is 0 Å². The highest BCUT2D eigenvalue weighted by atomic mass is 19.1. The molecular weight excluding hydrogens is 350 g/mol. The number of amides is 1. The van der Waals surface area contributed by atoms with E-state index in [-0.39, 0.29) is 11.7 Å². The summed E-state index contributed by atoms with van der Waals surface area (Å²) in [7, 11) is 0. The molecule has 5 nitrogen and oxygen atoms in total. The predicted octanol–water partition coefficient (Wildman–Crippen LogP) is 4.26. The highest BCUT2D eigenvalue weighted by Crippen LogP contribution is 2.23. The van der Waals surface area contributed by atoms with Crippen molar-refractivity contribution in [1.82, 2.24) is 15.0 Å². The summed E-state index contributed by atoms with van der Waals surface area (Å²) >= 11 is 0. The summed E-state index contributed by atoms with van der Waals surface area (Å²) in [6, 6.07) is 14.7. The zero-order chi connectivity index (χ0) is 19.0. The first-order valence-corrected chi connectivity index (χ1v) is 8.20. The van der Waals surface area contributed by atoms with Gasteiger partial charge in [0.1, 0.15) is 22.7 Å². The second-order valence-corrected chi connectivity index (χ2v) is 6.08. The van der Waals surface area contributed by atoms with Crippen LogP contribution in [-0.2, 0) is 0 Å². The van der Waals surface area contributed by atoms with Gasteiger partial charge in [0.25, 0.3) is 5.91 Å². The van der Waals surface area contributed by atoms with E-state index in [1.54, 1.807) is 18.2 Å². The number of halogens is 2. The van der Waals surface area contributed by atoms with E-state index in [2.05, 4.69) is 15.5 Å². The highest BCUT2D eigenvalue weighted by molar-refractivity contribution is 6.05. The molecule has 0 atom stereocenters. The minimum absolute atomic E-state index is 0.336. The first-order chi connectivity index (χ1) is 13.0. The van der Waals surface area contributed by atoms with E-state index in [1.807, 2.05) is 13.0 Å². The molecule has 0 unspecified atom stereocenters. The molecule has 0 aliphatic heterocycles. The Morgan fingerprint density at radius 2 is 1.44 bits per heavy atom. The van der Waals surface area contributed by atoms with Gasteiger partial charge in [0.05, 0.1) is 5.69 Å². The number of carbonyl (C=O) groups is 1. The standard InChI is InChI=1S/C20H14F2N4O/c1-12-10-18-19(25-26(24-18)16-8-6-15(22)7-9-16)11-17(12)23-20(27)13-2-4-14(21)5-3-13/h2-11H,1H3,(H,23,27). The summed E-state index contributed by atoms with van der Waals surface area (Å²) in [4.78, 5) is 13.8. The number of carbonyl (C=O) groups excluding carboxylic acids is 1. The van der Waals surface area contributed by atoms with Crippen molar-refractivity contribution in [1.29, 1.82) is 0 Å². The number of nitrogens with zero attached hydrogens (tertiary/aromatic N) is 3. The van der Waals surface area contributed by atoms with Crippen LogP contribution in [0, 0.1) is 18.6 Å². The summed E-state index contributed by atoms with van der Waals surface area (Å²) < 4.78 is 26.1. The van der Waals surface area contributed by atoms with Crippen molar-refractivity contribution in [2.75, 3.05) is 5.32 Å². The Morgan fingerprint density at radius 3 is 2.07 bits per heavy atom. The van der Waals surface area contributed by atoms with Gasteiger partial charge in [-0.05, 0) is 73.2 Å². The monoisotopic (exact) mass is 364 g/mol. The molecule has 1 heterocycles. The SMILES string of the molecule is Cc1cc2nn(-c3ccc(F)cc3)nc2cc1NC(=O)c1ccc(F)cc1. The van der Waals surface area contributed by atoms with Crippen molar-refractivity contribution in [3.05, 3.63) is 83.4 Å². The van der Waals surface area contributed by atoms with Crippen LogP contribution in [0.3, 0.4) is 0 Å². The van der Waals surface area contributed by atoms with E-state index in [9.17, 15) is 13.6 Å². The van der Waals surface area contributed by atoms with Crippen molar-refractivity contribution in [3.63, 3.8) is 0 Å². The number of nitrogens with one attached hydrogen (secondary N) is 1. The van der Waals surface area contributed by atoms with Gasteiger partial charge in [0.2, 0.25) is 0 Å². The third-order valence-electron chi connectivity index (χ3n) is 4.14. The van der Waals surface area contributed by atoms with Gasteiger partial charge in [-0.2, -0.15) is 4.80 Å². The molecule has 3 aromatic carbocycles. The maximum atomic E-state index is 13.1. The molecule has 1 N–H and O–H groups in total. The fourth-order valence-electron chi connectivity index (χ4n) is 2.69. The van der Waals surface area contributed by atoms with Crippen LogP contribution in [0.25, 0.3) is 16.7 Å². The quantitative estimate of drug-likeness (QED) is 0.591. The number of aryl methyl sites for hydroxylation is 1. The second kappa shape index (κ2) is 6.60. The Morgan fingerprint density at radius 1 is 0.889 bits per heavy atom. The van der Waals surface area contributed by atoms with Crippen LogP contribution in [0.1, 0.15) is 15.9 Å². The van der Waals surface area contributed by atoms with Gasteiger partial charge in [-0.1, -0.05) is 0 Å². The molecule has 0 fully saturated rings. The molecule has 4 aromatic rings. The number of aromatic nitrogens is 3. The van der Waals surface area contributed by atoms with Crippen molar-refractivity contribution >= 4 is 22.6 Å². The zero-order valence-electron chi connectivity index (χ0n) is 14.3. The smallest absolute Gasteiger partial charge is 0.255 e. The van der Waals surface area contributed by atoms with E-state index < -0.39 is 5.82 Å². The molecule has 0 aliphatic carbocycles. The minimum Gasteiger partial charge on any atom is -0.322 e. The Kier molecular flexibility index (Phi) is 4.12. The molecule has 0 saturated heterocycles. The van der Waals surface area contributed by atoms with Gasteiger partial charge in [-0.25, -0.2) is 8.78 Å². The first-order valence-electron chi connectivity index (χ1n) is 8.20. The zero-order valence-corrected chi connectivity index (χ0v) is 14.3. The number of hydrogen-bond donors (Lipinski definition) is 1. The van der Waals surface area contributed by atoms with Gasteiger partial charge in [-0.3, -0.25) is 4.79 Å². The highest BCUT2D eigenvalue weighted by Gasteiger charge is 2.12. The lowest BCUT2D eigenvalue weighted by Gasteiger charge is -2.08. The maximum Gasteiger partial charge on any atom is 0.255 e. The fraction of sp³-hybridized carbons (Fsp3) is 0.0500. The average Bonchev–Trinajstić information content (AvgIpc) is 3.05. The number of benzene rings is 3. The van der Waals surface area contributed by atoms with Gasteiger partial charge in [-0.15, -0.1) is 10.2 Å². The van der Waals surface area contributed by atoms with E-state index in [4.69, 9.17) is 0 Å². The largest absolute Gasteiger partial charge is 0.322 e. The van der Waals surface area contributed by atoms with Crippen molar-refractivity contribution in [3.8, 4) is 5.69 Å². The summed E-state index contributed by atoms with van der Waals surface area (Å²) in [6.07, 6.45) is 0. The first kappa shape index (κ1) is 16.8. The van der Waals surface area contributed by atoms with E-state index in [1.165, 1.54) is 41.2 Å². The Hall–Kier alpha value is -3.61. The van der Waals surface area contributed by atoms with Crippen LogP contribution in [0.15, 0.2) is 60.7 Å². The maximum absolute atomic E-state index is 13.1. The molecule has 1 amide bonds. The Balaban J connectivity index is 1.65. The molecule has 1 aromatic heterocycles. The lowest BCUT2D eigenvalue weighted by molar-refractivity contribution is 0.102. The van der Waals surface area contributed by atoms with E-state index >= 15 is 0 Å². The molecule has 0 radical (unpaired) electrons. The molecule has 4 rings (SSSR count). The fourth-order valence-corrected chi connectivity index (χ4v) is 2.69. The third-order valence-corrected chi connectivity index (χ3v) is 4.14. The van der Waals surface area contributed by atoms with Gasteiger partial charge in [0.15, 0.2) is 0 Å². The van der Waals surface area contributed by atoms with Crippen LogP contribution in [0.2, 0.25) is 0 Å². The molecule has 0 spiro atoms. The summed E-state index contributed by atoms with van der Waals surface area (Å²) in [5.74, 6) is -1.08. The van der Waals surface area contributed by atoms with Crippen LogP contribution in [-0.4, -0.2) is 20.9 Å². The van der Waals surface area contributed by atoms with Crippen LogP contribution < -0.4 is 5.32 Å². The van der Waals surface area contributed by atoms with Crippen LogP contribution in [0.5, 0.6) is 0 Å². The second-order valence-electron chi connectivity index (χ2n) is 6.08. The van der Waals surface area contributed by atoms with Crippen molar-refractivity contribution in [2.45, 2.75) is 6.92 Å². The molecule has 0 bridgehead atoms. The minimum atomic E-state index is -0.401. The summed E-state index contributed by atoms with van der Waals surface area (Å²) in [6.45, 7) is 1.84. The van der Waals surface area contributed by atoms with E-state index in [0.717, 1.165) is 5.56 Å². The molecule has 7 heteroatoms. The lowest BCUT2D eigenvalue weighted by Crippen LogP contribution is -2.12. The molecule has 0 aliphatic rings. The molecule has 27 heavy (non-hydrogen) atoms. The average molecular weight is 364 g/mol. The number of fused-ring (bicyclic) bond motifs is 1. The number of anilines is 1. The number of rotatable bonds is 3. The molecular formula is C20H14F2N4O. The van der Waals surface area contributed by atoms with Gasteiger partial charge in [0, 0.05) is 11.3 Å². The third kappa shape index (κ3) is 3.39. The van der Waals surface area contributed by atoms with Gasteiger partial charge < -0.3 is 5.32 Å². The molecule has 134 valence electrons. The Bertz CT molecular complexity index is 1140. The summed E-state index contributed by atoms with van der Waals surface area (Å²) in [5, 5.41) is 11.6. The Labute approximate surface area is 153 Å². The van der Waals surface area contributed by atoms with Crippen LogP contribution in [0.4, 0.5) is 14.5 Å². The van der Waals surface area contributed by atoms with E-state index in [0.29, 0.717) is 28.0 Å². The van der Waals surface area contributed by atoms with Crippen LogP contribution >= 0.6 is 0 Å². The normalized spacial score (nSPS) is 10.9. The topological polar surface area (TPSA) is 59.8 Å². The predicted molar refractivity (Wildman–Crippen MR) is 97.9 cm³/mol. The molecule has 0 saturated carbocycles. The lowest BCUT2D eigenvalue weighted by atomic mass is 10.1.